The molecule has 0 saturated carbocycles. The molecule has 8 nitrogen and oxygen atoms in total. The Bertz CT molecular complexity index is 915. The van der Waals surface area contributed by atoms with E-state index in [4.69, 9.17) is 15.2 Å². The van der Waals surface area contributed by atoms with Gasteiger partial charge in [0.25, 0.3) is 17.4 Å². The second-order valence-electron chi connectivity index (χ2n) is 4.79. The Morgan fingerprint density at radius 3 is 2.77 bits per heavy atom. The number of anilines is 1. The van der Waals surface area contributed by atoms with Gasteiger partial charge in [0, 0.05) is 6.07 Å². The molecule has 0 unspecified atom stereocenters. The molecule has 22 heavy (non-hydrogen) atoms. The smallest absolute Gasteiger partial charge is 0.262 e. The number of ether oxygens (including phenoxy) is 2. The van der Waals surface area contributed by atoms with Crippen LogP contribution in [-0.4, -0.2) is 23.2 Å². The van der Waals surface area contributed by atoms with E-state index >= 15 is 0 Å². The number of aromatic nitrogens is 1. The number of pyridine rings is 1. The number of benzene rings is 1. The number of nitrogens with zero attached hydrogens (tertiary/aromatic N) is 1. The van der Waals surface area contributed by atoms with Crippen molar-refractivity contribution >= 4 is 17.6 Å². The molecule has 0 bridgehead atoms. The second kappa shape index (κ2) is 4.10. The number of carbonyl (C=O) groups is 2. The second-order valence-corrected chi connectivity index (χ2v) is 4.79. The molecule has 2 aliphatic heterocycles. The molecule has 0 atom stereocenters. The Balaban J connectivity index is 2.05. The van der Waals surface area contributed by atoms with Crippen LogP contribution in [0.5, 0.6) is 11.5 Å². The number of nitrogens with two attached hydrogens (primary N) is 1. The van der Waals surface area contributed by atoms with E-state index < -0.39 is 17.4 Å². The van der Waals surface area contributed by atoms with E-state index in [2.05, 4.69) is 5.32 Å². The van der Waals surface area contributed by atoms with Crippen LogP contribution in [0.15, 0.2) is 29.1 Å². The molecule has 3 N–H and O–H groups in total. The van der Waals surface area contributed by atoms with Gasteiger partial charge in [-0.15, -0.1) is 0 Å². The van der Waals surface area contributed by atoms with E-state index in [1.54, 1.807) is 18.2 Å². The number of fused-ring (bicyclic) bond motifs is 2. The average molecular weight is 299 g/mol. The zero-order valence-corrected chi connectivity index (χ0v) is 11.1. The van der Waals surface area contributed by atoms with Crippen molar-refractivity contribution in [3.8, 4) is 17.2 Å². The van der Waals surface area contributed by atoms with Gasteiger partial charge in [-0.05, 0) is 12.1 Å². The minimum absolute atomic E-state index is 0.0129. The summed E-state index contributed by atoms with van der Waals surface area (Å²) >= 11 is 0. The van der Waals surface area contributed by atoms with Gasteiger partial charge in [0.15, 0.2) is 11.5 Å². The number of rotatable bonds is 1. The molecule has 110 valence electrons. The van der Waals surface area contributed by atoms with E-state index in [1.807, 2.05) is 0 Å². The lowest BCUT2D eigenvalue weighted by molar-refractivity contribution is 0.0880. The molecule has 0 fully saturated rings. The van der Waals surface area contributed by atoms with Gasteiger partial charge in [0.05, 0.1) is 16.8 Å². The fraction of sp³-hybridized carbons (Fsp3) is 0.0714. The molecule has 2 aromatic rings. The highest BCUT2D eigenvalue weighted by Crippen LogP contribution is 2.38. The minimum Gasteiger partial charge on any atom is -0.454 e. The van der Waals surface area contributed by atoms with Gasteiger partial charge < -0.3 is 15.2 Å². The van der Waals surface area contributed by atoms with Gasteiger partial charge in [0.2, 0.25) is 6.79 Å². The first-order valence-electron chi connectivity index (χ1n) is 6.38. The van der Waals surface area contributed by atoms with E-state index in [9.17, 15) is 14.4 Å². The molecule has 1 aromatic heterocycles. The Morgan fingerprint density at radius 1 is 1.14 bits per heavy atom. The van der Waals surface area contributed by atoms with Crippen LogP contribution in [0.4, 0.5) is 5.82 Å². The SMILES string of the molecule is Nc1c2c(cc(=O)n1-c1cccc3c1OCO3)C(=O)NC2=O. The largest absolute Gasteiger partial charge is 0.454 e. The molecule has 8 heteroatoms. The number of nitrogens with one attached hydrogen (secondary N) is 1. The van der Waals surface area contributed by atoms with Gasteiger partial charge in [0.1, 0.15) is 5.82 Å². The maximum atomic E-state index is 12.3. The molecule has 0 spiro atoms. The van der Waals surface area contributed by atoms with E-state index in [-0.39, 0.29) is 23.7 Å². The van der Waals surface area contributed by atoms with Crippen LogP contribution in [0.3, 0.4) is 0 Å². The molecule has 2 amide bonds. The van der Waals surface area contributed by atoms with Gasteiger partial charge in [-0.1, -0.05) is 6.07 Å². The van der Waals surface area contributed by atoms with Gasteiger partial charge in [-0.2, -0.15) is 0 Å². The maximum absolute atomic E-state index is 12.3. The van der Waals surface area contributed by atoms with Crippen molar-refractivity contribution in [1.82, 2.24) is 9.88 Å². The predicted octanol–water partition coefficient (Wildman–Crippen LogP) is 0.0320. The molecule has 4 rings (SSSR count). The summed E-state index contributed by atoms with van der Waals surface area (Å²) in [5, 5.41) is 2.12. The summed E-state index contributed by atoms with van der Waals surface area (Å²) < 4.78 is 11.7. The van der Waals surface area contributed by atoms with Crippen molar-refractivity contribution in [1.29, 1.82) is 0 Å². The summed E-state index contributed by atoms with van der Waals surface area (Å²) in [4.78, 5) is 35.8. The summed E-state index contributed by atoms with van der Waals surface area (Å²) in [6.07, 6.45) is 0. The average Bonchev–Trinajstić information content (AvgIpc) is 3.05. The first-order chi connectivity index (χ1) is 10.6. The lowest BCUT2D eigenvalue weighted by Crippen LogP contribution is -2.24. The topological polar surface area (TPSA) is 113 Å². The zero-order chi connectivity index (χ0) is 15.4. The number of hydrogen-bond donors (Lipinski definition) is 2. The van der Waals surface area contributed by atoms with Crippen LogP contribution in [0.2, 0.25) is 0 Å². The lowest BCUT2D eigenvalue weighted by Gasteiger charge is -2.13. The molecule has 2 aliphatic rings. The van der Waals surface area contributed by atoms with Crippen LogP contribution in [0.25, 0.3) is 5.69 Å². The zero-order valence-electron chi connectivity index (χ0n) is 11.1. The van der Waals surface area contributed by atoms with E-state index in [0.29, 0.717) is 17.2 Å². The van der Waals surface area contributed by atoms with Crippen LogP contribution in [0.1, 0.15) is 20.7 Å². The Kier molecular flexibility index (Phi) is 2.32. The highest BCUT2D eigenvalue weighted by atomic mass is 16.7. The highest BCUT2D eigenvalue weighted by molar-refractivity contribution is 6.23. The highest BCUT2D eigenvalue weighted by Gasteiger charge is 2.32. The predicted molar refractivity (Wildman–Crippen MR) is 74.4 cm³/mol. The fourth-order valence-electron chi connectivity index (χ4n) is 2.62. The Hall–Kier alpha value is -3.29. The van der Waals surface area contributed by atoms with Crippen LogP contribution in [-0.2, 0) is 0 Å². The van der Waals surface area contributed by atoms with Crippen molar-refractivity contribution in [2.75, 3.05) is 12.5 Å². The molecule has 3 heterocycles. The number of para-hydroxylation sites is 1. The third-order valence-corrected chi connectivity index (χ3v) is 3.57. The summed E-state index contributed by atoms with van der Waals surface area (Å²) in [5.74, 6) is -0.537. The van der Waals surface area contributed by atoms with Crippen molar-refractivity contribution < 1.29 is 19.1 Å². The van der Waals surface area contributed by atoms with Crippen LogP contribution < -0.4 is 26.1 Å². The first-order valence-corrected chi connectivity index (χ1v) is 6.38. The molecule has 1 aromatic carbocycles. The Labute approximate surface area is 123 Å². The van der Waals surface area contributed by atoms with Crippen molar-refractivity contribution in [2.24, 2.45) is 0 Å². The molecule has 0 saturated heterocycles. The Morgan fingerprint density at radius 2 is 1.95 bits per heavy atom. The van der Waals surface area contributed by atoms with Crippen molar-refractivity contribution in [3.63, 3.8) is 0 Å². The van der Waals surface area contributed by atoms with Crippen molar-refractivity contribution in [2.45, 2.75) is 0 Å². The maximum Gasteiger partial charge on any atom is 0.262 e. The fourth-order valence-corrected chi connectivity index (χ4v) is 2.62. The third-order valence-electron chi connectivity index (χ3n) is 3.57. The summed E-state index contributed by atoms with van der Waals surface area (Å²) in [5.41, 5.74) is 5.75. The minimum atomic E-state index is -0.631. The van der Waals surface area contributed by atoms with E-state index in [0.717, 1.165) is 10.6 Å². The number of carbonyl (C=O) groups excluding carboxylic acids is 2. The number of nitrogen functional groups attached to an aromatic ring is 1. The van der Waals surface area contributed by atoms with Gasteiger partial charge in [-0.3, -0.25) is 24.3 Å². The molecule has 0 aliphatic carbocycles. The molecule has 0 radical (unpaired) electrons. The van der Waals surface area contributed by atoms with Gasteiger partial charge in [-0.25, -0.2) is 0 Å². The molecular formula is C14H9N3O5. The summed E-state index contributed by atoms with van der Waals surface area (Å²) in [7, 11) is 0. The third kappa shape index (κ3) is 1.48. The normalized spacial score (nSPS) is 14.9. The summed E-state index contributed by atoms with van der Waals surface area (Å²) in [6, 6.07) is 6.07. The first kappa shape index (κ1) is 12.5. The quantitative estimate of drug-likeness (QED) is 0.718. The number of hydrogen-bond acceptors (Lipinski definition) is 6. The van der Waals surface area contributed by atoms with Crippen LogP contribution in [0, 0.1) is 0 Å². The monoisotopic (exact) mass is 299 g/mol. The van der Waals surface area contributed by atoms with Gasteiger partial charge >= 0.3 is 0 Å². The van der Waals surface area contributed by atoms with E-state index in [1.165, 1.54) is 0 Å². The van der Waals surface area contributed by atoms with Crippen molar-refractivity contribution in [3.05, 3.63) is 45.7 Å². The molecular weight excluding hydrogens is 290 g/mol. The summed E-state index contributed by atoms with van der Waals surface area (Å²) in [6.45, 7) is 0.0327. The number of imide groups is 1. The number of amides is 2. The lowest BCUT2D eigenvalue weighted by atomic mass is 10.1. The standard InChI is InChI=1S/C14H9N3O5/c15-12-10-6(13(19)16-14(10)20)4-9(18)17(12)7-2-1-3-8-11(7)22-5-21-8/h1-4H,5,15H2,(H,16,19,20). The van der Waals surface area contributed by atoms with Crippen LogP contribution >= 0.6 is 0 Å².